The molecule has 2 aromatic heterocycles. The molecule has 0 saturated carbocycles. The van der Waals surface area contributed by atoms with Crippen LogP contribution in [0.25, 0.3) is 22.1 Å². The molecule has 0 aliphatic carbocycles. The van der Waals surface area contributed by atoms with Crippen molar-refractivity contribution in [2.24, 2.45) is 0 Å². The van der Waals surface area contributed by atoms with E-state index in [-0.39, 0.29) is 11.1 Å². The zero-order chi connectivity index (χ0) is 12.0. The Morgan fingerprint density at radius 3 is 2.88 bits per heavy atom. The van der Waals surface area contributed by atoms with Crippen LogP contribution in [-0.2, 0) is 0 Å². The normalized spacial score (nSPS) is 10.8. The van der Waals surface area contributed by atoms with E-state index in [1.165, 1.54) is 0 Å². The van der Waals surface area contributed by atoms with Crippen LogP contribution < -0.4 is 5.56 Å². The van der Waals surface area contributed by atoms with Crippen molar-refractivity contribution < 1.29 is 9.52 Å². The Balaban J connectivity index is 2.64. The van der Waals surface area contributed by atoms with Crippen molar-refractivity contribution in [1.29, 1.82) is 5.26 Å². The van der Waals surface area contributed by atoms with Crippen LogP contribution in [0.15, 0.2) is 33.5 Å². The molecule has 0 radical (unpaired) electrons. The molecular weight excluding hydrogens is 220 g/mol. The summed E-state index contributed by atoms with van der Waals surface area (Å²) in [7, 11) is 0. The first-order chi connectivity index (χ1) is 8.22. The Labute approximate surface area is 94.5 Å². The molecule has 0 saturated heterocycles. The Morgan fingerprint density at radius 2 is 2.12 bits per heavy atom. The summed E-state index contributed by atoms with van der Waals surface area (Å²) in [5.41, 5.74) is 0.119. The number of hydrogen-bond donors (Lipinski definition) is 2. The van der Waals surface area contributed by atoms with Gasteiger partial charge in [-0.3, -0.25) is 4.79 Å². The molecule has 0 aliphatic rings. The molecule has 3 aromatic rings. The highest BCUT2D eigenvalue weighted by molar-refractivity contribution is 6.04. The number of pyridine rings is 1. The number of aromatic amines is 1. The zero-order valence-electron chi connectivity index (χ0n) is 8.52. The third-order valence-electron chi connectivity index (χ3n) is 2.62. The smallest absolute Gasteiger partial charge is 0.270 e. The van der Waals surface area contributed by atoms with Gasteiger partial charge in [-0.1, -0.05) is 12.1 Å². The minimum absolute atomic E-state index is 0.127. The number of aromatic nitrogens is 1. The maximum absolute atomic E-state index is 11.5. The van der Waals surface area contributed by atoms with Gasteiger partial charge in [0.1, 0.15) is 11.7 Å². The molecule has 0 amide bonds. The minimum atomic E-state index is -0.621. The maximum Gasteiger partial charge on any atom is 0.270 e. The molecule has 17 heavy (non-hydrogen) atoms. The van der Waals surface area contributed by atoms with Crippen molar-refractivity contribution in [3.05, 3.63) is 40.2 Å². The van der Waals surface area contributed by atoms with Gasteiger partial charge in [-0.2, -0.15) is 5.26 Å². The molecule has 2 heterocycles. The highest BCUT2D eigenvalue weighted by Crippen LogP contribution is 2.32. The topological polar surface area (TPSA) is 90.0 Å². The summed E-state index contributed by atoms with van der Waals surface area (Å²) in [6.07, 6.45) is 0. The first kappa shape index (κ1) is 9.48. The molecule has 0 spiro atoms. The van der Waals surface area contributed by atoms with Crippen molar-refractivity contribution in [2.45, 2.75) is 0 Å². The Kier molecular flexibility index (Phi) is 1.74. The largest absolute Gasteiger partial charge is 0.503 e. The molecule has 5 heteroatoms. The van der Waals surface area contributed by atoms with Crippen LogP contribution in [0.3, 0.4) is 0 Å². The van der Waals surface area contributed by atoms with Crippen LogP contribution in [0.2, 0.25) is 0 Å². The third kappa shape index (κ3) is 1.15. The summed E-state index contributed by atoms with van der Waals surface area (Å²) in [5.74, 6) is -0.414. The van der Waals surface area contributed by atoms with Gasteiger partial charge in [0.25, 0.3) is 5.56 Å². The van der Waals surface area contributed by atoms with Crippen molar-refractivity contribution >= 4 is 22.1 Å². The predicted molar refractivity (Wildman–Crippen MR) is 60.7 cm³/mol. The first-order valence-corrected chi connectivity index (χ1v) is 4.89. The molecule has 0 fully saturated rings. The van der Waals surface area contributed by atoms with Gasteiger partial charge >= 0.3 is 0 Å². The van der Waals surface area contributed by atoms with Crippen LogP contribution in [0.5, 0.6) is 5.75 Å². The summed E-state index contributed by atoms with van der Waals surface area (Å²) < 4.78 is 5.41. The van der Waals surface area contributed by atoms with E-state index < -0.39 is 11.3 Å². The van der Waals surface area contributed by atoms with E-state index in [9.17, 15) is 9.90 Å². The van der Waals surface area contributed by atoms with E-state index in [0.29, 0.717) is 16.5 Å². The monoisotopic (exact) mass is 226 g/mol. The van der Waals surface area contributed by atoms with Gasteiger partial charge in [0.2, 0.25) is 0 Å². The number of nitrogens with one attached hydrogen (secondary N) is 1. The van der Waals surface area contributed by atoms with E-state index in [0.717, 1.165) is 0 Å². The molecule has 0 atom stereocenters. The fourth-order valence-electron chi connectivity index (χ4n) is 1.84. The summed E-state index contributed by atoms with van der Waals surface area (Å²) in [6.45, 7) is 0. The van der Waals surface area contributed by atoms with Crippen LogP contribution in [0.1, 0.15) is 5.56 Å². The van der Waals surface area contributed by atoms with Gasteiger partial charge in [0.15, 0.2) is 16.9 Å². The molecule has 0 bridgehead atoms. The Hall–Kier alpha value is -2.74. The number of nitrogens with zero attached hydrogens (tertiary/aromatic N) is 1. The molecule has 5 nitrogen and oxygen atoms in total. The molecule has 3 rings (SSSR count). The predicted octanol–water partition coefficient (Wildman–Crippen LogP) is 1.85. The van der Waals surface area contributed by atoms with Gasteiger partial charge in [0.05, 0.1) is 5.52 Å². The summed E-state index contributed by atoms with van der Waals surface area (Å²) >= 11 is 0. The van der Waals surface area contributed by atoms with E-state index in [2.05, 4.69) is 4.98 Å². The van der Waals surface area contributed by atoms with Gasteiger partial charge in [-0.05, 0) is 12.1 Å². The Morgan fingerprint density at radius 1 is 1.35 bits per heavy atom. The fourth-order valence-corrected chi connectivity index (χ4v) is 1.84. The second-order valence-corrected chi connectivity index (χ2v) is 3.59. The number of H-pyrrole nitrogens is 1. The number of rotatable bonds is 0. The standard InChI is InChI=1S/C12H6N2O3/c13-5-7-10(15)11-9(14-12(7)16)6-3-1-2-4-8(6)17-11/h1-4H,(H2,14,15,16). The highest BCUT2D eigenvalue weighted by atomic mass is 16.4. The number of para-hydroxylation sites is 1. The number of nitriles is 1. The van der Waals surface area contributed by atoms with E-state index in [1.54, 1.807) is 30.3 Å². The average Bonchev–Trinajstić information content (AvgIpc) is 2.69. The van der Waals surface area contributed by atoms with Crippen molar-refractivity contribution in [2.75, 3.05) is 0 Å². The second kappa shape index (κ2) is 3.12. The van der Waals surface area contributed by atoms with Crippen molar-refractivity contribution in [1.82, 2.24) is 4.98 Å². The van der Waals surface area contributed by atoms with Crippen molar-refractivity contribution in [3.63, 3.8) is 0 Å². The summed E-state index contributed by atoms with van der Waals surface area (Å²) in [6, 6.07) is 8.71. The van der Waals surface area contributed by atoms with E-state index in [4.69, 9.17) is 9.68 Å². The van der Waals surface area contributed by atoms with Crippen LogP contribution in [0, 0.1) is 11.3 Å². The van der Waals surface area contributed by atoms with Gasteiger partial charge in [-0.25, -0.2) is 0 Å². The zero-order valence-corrected chi connectivity index (χ0v) is 8.52. The second-order valence-electron chi connectivity index (χ2n) is 3.59. The average molecular weight is 226 g/mol. The Bertz CT molecular complexity index is 836. The third-order valence-corrected chi connectivity index (χ3v) is 2.62. The van der Waals surface area contributed by atoms with Crippen LogP contribution in [-0.4, -0.2) is 10.1 Å². The number of benzene rings is 1. The lowest BCUT2D eigenvalue weighted by atomic mass is 10.2. The number of fused-ring (bicyclic) bond motifs is 3. The lowest BCUT2D eigenvalue weighted by Crippen LogP contribution is -2.09. The molecule has 2 N–H and O–H groups in total. The lowest BCUT2D eigenvalue weighted by molar-refractivity contribution is 0.465. The molecule has 0 unspecified atom stereocenters. The maximum atomic E-state index is 11.5. The van der Waals surface area contributed by atoms with Crippen LogP contribution >= 0.6 is 0 Å². The van der Waals surface area contributed by atoms with Gasteiger partial charge in [0, 0.05) is 5.39 Å². The number of furan rings is 1. The quantitative estimate of drug-likeness (QED) is 0.612. The highest BCUT2D eigenvalue weighted by Gasteiger charge is 2.17. The molecule has 82 valence electrons. The molecule has 1 aromatic carbocycles. The van der Waals surface area contributed by atoms with Crippen molar-refractivity contribution in [3.8, 4) is 11.8 Å². The van der Waals surface area contributed by atoms with Gasteiger partial charge in [-0.15, -0.1) is 0 Å². The van der Waals surface area contributed by atoms with E-state index >= 15 is 0 Å². The fraction of sp³-hybridized carbons (Fsp3) is 0. The summed E-state index contributed by atoms with van der Waals surface area (Å²) in [4.78, 5) is 14.1. The number of aromatic hydroxyl groups is 1. The van der Waals surface area contributed by atoms with Crippen LogP contribution in [0.4, 0.5) is 0 Å². The van der Waals surface area contributed by atoms with E-state index in [1.807, 2.05) is 0 Å². The SMILES string of the molecule is N#Cc1c(O)c2oc3ccccc3c2[nH]c1=O. The van der Waals surface area contributed by atoms with Gasteiger partial charge < -0.3 is 14.5 Å². The molecule has 0 aliphatic heterocycles. The molecular formula is C12H6N2O3. The first-order valence-electron chi connectivity index (χ1n) is 4.89. The summed E-state index contributed by atoms with van der Waals surface area (Å²) in [5, 5.41) is 19.3. The number of hydrogen-bond acceptors (Lipinski definition) is 4. The lowest BCUT2D eigenvalue weighted by Gasteiger charge is -1.95. The minimum Gasteiger partial charge on any atom is -0.503 e.